The number of esters is 1. The maximum absolute atomic E-state index is 12.1. The van der Waals surface area contributed by atoms with Gasteiger partial charge >= 0.3 is 5.97 Å². The van der Waals surface area contributed by atoms with Gasteiger partial charge in [-0.05, 0) is 36.5 Å². The molecule has 0 amide bonds. The van der Waals surface area contributed by atoms with Crippen LogP contribution in [0.25, 0.3) is 0 Å². The summed E-state index contributed by atoms with van der Waals surface area (Å²) in [6.45, 7) is 8.34. The van der Waals surface area contributed by atoms with Gasteiger partial charge in [-0.2, -0.15) is 0 Å². The molecule has 0 aromatic heterocycles. The minimum absolute atomic E-state index is 0.0130. The summed E-state index contributed by atoms with van der Waals surface area (Å²) in [6, 6.07) is 3.65. The number of rotatable bonds is 9. The predicted molar refractivity (Wildman–Crippen MR) is 92.3 cm³/mol. The minimum atomic E-state index is -0.407. The summed E-state index contributed by atoms with van der Waals surface area (Å²) in [5, 5.41) is 8.81. The average molecular weight is 322 g/mol. The topological polar surface area (TPSA) is 55.8 Å². The second-order valence-electron chi connectivity index (χ2n) is 6.57. The molecule has 23 heavy (non-hydrogen) atoms. The average Bonchev–Trinajstić information content (AvgIpc) is 2.51. The van der Waals surface area contributed by atoms with Gasteiger partial charge in [0.15, 0.2) is 0 Å². The molecule has 130 valence electrons. The normalized spacial score (nSPS) is 11.4. The monoisotopic (exact) mass is 322 g/mol. The van der Waals surface area contributed by atoms with E-state index in [9.17, 15) is 4.79 Å². The number of aliphatic hydroxyl groups excluding tert-OH is 1. The Balaban J connectivity index is 3.17. The van der Waals surface area contributed by atoms with Crippen LogP contribution < -0.4 is 4.74 Å². The number of hydrogen-bond acceptors (Lipinski definition) is 4. The molecule has 0 aliphatic carbocycles. The number of carbonyl (C=O) groups excluding carboxylic acids is 1. The summed E-state index contributed by atoms with van der Waals surface area (Å²) >= 11 is 0. The zero-order valence-corrected chi connectivity index (χ0v) is 15.1. The molecule has 0 fully saturated rings. The van der Waals surface area contributed by atoms with Crippen LogP contribution in [0.2, 0.25) is 0 Å². The Hall–Kier alpha value is -1.55. The van der Waals surface area contributed by atoms with Gasteiger partial charge in [0.25, 0.3) is 0 Å². The van der Waals surface area contributed by atoms with Crippen molar-refractivity contribution in [2.24, 2.45) is 0 Å². The lowest BCUT2D eigenvalue weighted by Gasteiger charge is -2.28. The lowest BCUT2D eigenvalue weighted by molar-refractivity contribution is 0.0433. The largest absolute Gasteiger partial charge is 0.496 e. The summed E-state index contributed by atoms with van der Waals surface area (Å²) in [5.74, 6) is 0.431. The third kappa shape index (κ3) is 5.24. The van der Waals surface area contributed by atoms with Gasteiger partial charge in [-0.15, -0.1) is 0 Å². The molecule has 0 saturated carbocycles. The Morgan fingerprint density at radius 3 is 2.52 bits per heavy atom. The summed E-state index contributed by atoms with van der Waals surface area (Å²) in [7, 11) is 1.66. The predicted octanol–water partition coefficient (Wildman–Crippen LogP) is 4.01. The van der Waals surface area contributed by atoms with Crippen LogP contribution in [0.5, 0.6) is 5.75 Å². The molecular formula is C19H30O4. The molecule has 0 radical (unpaired) electrons. The highest BCUT2D eigenvalue weighted by Crippen LogP contribution is 2.38. The lowest BCUT2D eigenvalue weighted by atomic mass is 9.78. The second kappa shape index (κ2) is 8.92. The number of hydrogen-bond donors (Lipinski definition) is 1. The molecule has 0 aliphatic heterocycles. The number of ether oxygens (including phenoxy) is 2. The highest BCUT2D eigenvalue weighted by Gasteiger charge is 2.27. The van der Waals surface area contributed by atoms with Crippen molar-refractivity contribution in [3.05, 3.63) is 28.8 Å². The van der Waals surface area contributed by atoms with Gasteiger partial charge in [-0.25, -0.2) is 4.79 Å². The summed E-state index contributed by atoms with van der Waals surface area (Å²) < 4.78 is 10.6. The van der Waals surface area contributed by atoms with Crippen molar-refractivity contribution in [3.8, 4) is 5.75 Å². The van der Waals surface area contributed by atoms with Crippen molar-refractivity contribution < 1.29 is 19.4 Å². The smallest absolute Gasteiger partial charge is 0.338 e. The van der Waals surface area contributed by atoms with Gasteiger partial charge in [0.05, 0.1) is 19.3 Å². The van der Waals surface area contributed by atoms with E-state index in [1.807, 2.05) is 13.0 Å². The van der Waals surface area contributed by atoms with E-state index in [1.165, 1.54) is 12.8 Å². The molecule has 4 nitrogen and oxygen atoms in total. The number of carbonyl (C=O) groups is 1. The summed E-state index contributed by atoms with van der Waals surface area (Å²) in [6.07, 6.45) is 4.55. The van der Waals surface area contributed by atoms with Gasteiger partial charge < -0.3 is 14.6 Å². The van der Waals surface area contributed by atoms with E-state index in [0.717, 1.165) is 29.7 Å². The molecule has 0 unspecified atom stereocenters. The van der Waals surface area contributed by atoms with E-state index < -0.39 is 5.97 Å². The fourth-order valence-electron chi connectivity index (χ4n) is 2.84. The van der Waals surface area contributed by atoms with E-state index in [2.05, 4.69) is 20.8 Å². The van der Waals surface area contributed by atoms with Crippen LogP contribution in [0.15, 0.2) is 12.1 Å². The first-order valence-electron chi connectivity index (χ1n) is 8.34. The molecule has 0 heterocycles. The molecule has 1 N–H and O–H groups in total. The third-order valence-corrected chi connectivity index (χ3v) is 4.17. The van der Waals surface area contributed by atoms with Crippen LogP contribution >= 0.6 is 0 Å². The molecule has 1 rings (SSSR count). The van der Waals surface area contributed by atoms with Gasteiger partial charge in [0.2, 0.25) is 0 Å². The van der Waals surface area contributed by atoms with Crippen LogP contribution in [-0.2, 0) is 10.2 Å². The Bertz CT molecular complexity index is 520. The SMILES string of the molecule is CCCCCC(C)(C)c1cc(C(=O)OCCO)cc(C)c1OC. The molecule has 0 spiro atoms. The molecule has 0 bridgehead atoms. The Labute approximate surface area is 139 Å². The number of methoxy groups -OCH3 is 1. The Morgan fingerprint density at radius 1 is 1.26 bits per heavy atom. The van der Waals surface area contributed by atoms with Crippen molar-refractivity contribution in [1.82, 2.24) is 0 Å². The maximum Gasteiger partial charge on any atom is 0.338 e. The number of aryl methyl sites for hydroxylation is 1. The lowest BCUT2D eigenvalue weighted by Crippen LogP contribution is -2.20. The van der Waals surface area contributed by atoms with E-state index in [0.29, 0.717) is 5.56 Å². The van der Waals surface area contributed by atoms with Crippen molar-refractivity contribution in [2.75, 3.05) is 20.3 Å². The Morgan fingerprint density at radius 2 is 1.96 bits per heavy atom. The van der Waals surface area contributed by atoms with Crippen molar-refractivity contribution in [1.29, 1.82) is 0 Å². The fraction of sp³-hybridized carbons (Fsp3) is 0.632. The van der Waals surface area contributed by atoms with Crippen molar-refractivity contribution in [2.45, 2.75) is 58.8 Å². The number of unbranched alkanes of at least 4 members (excludes halogenated alkanes) is 2. The van der Waals surface area contributed by atoms with E-state index in [4.69, 9.17) is 14.6 Å². The highest BCUT2D eigenvalue weighted by atomic mass is 16.5. The first-order valence-corrected chi connectivity index (χ1v) is 8.34. The highest BCUT2D eigenvalue weighted by molar-refractivity contribution is 5.90. The fourth-order valence-corrected chi connectivity index (χ4v) is 2.84. The molecule has 1 aromatic carbocycles. The van der Waals surface area contributed by atoms with Crippen LogP contribution in [0, 0.1) is 6.92 Å². The zero-order valence-electron chi connectivity index (χ0n) is 15.1. The molecule has 0 aliphatic rings. The standard InChI is InChI=1S/C19H30O4/c1-6-7-8-9-19(3,4)16-13-15(18(21)23-11-10-20)12-14(2)17(16)22-5/h12-13,20H,6-11H2,1-5H3. The first kappa shape index (κ1) is 19.5. The molecule has 1 aromatic rings. The van der Waals surface area contributed by atoms with E-state index in [1.54, 1.807) is 13.2 Å². The molecule has 0 atom stereocenters. The van der Waals surface area contributed by atoms with Crippen LogP contribution in [-0.4, -0.2) is 31.4 Å². The maximum atomic E-state index is 12.1. The van der Waals surface area contributed by atoms with Crippen molar-refractivity contribution in [3.63, 3.8) is 0 Å². The van der Waals surface area contributed by atoms with E-state index in [-0.39, 0.29) is 18.6 Å². The van der Waals surface area contributed by atoms with Gasteiger partial charge in [0.1, 0.15) is 12.4 Å². The first-order chi connectivity index (χ1) is 10.9. The molecule has 4 heteroatoms. The quantitative estimate of drug-likeness (QED) is 0.551. The van der Waals surface area contributed by atoms with Gasteiger partial charge in [-0.1, -0.05) is 40.0 Å². The van der Waals surface area contributed by atoms with Crippen LogP contribution in [0.3, 0.4) is 0 Å². The zero-order chi connectivity index (χ0) is 17.5. The minimum Gasteiger partial charge on any atom is -0.496 e. The van der Waals surface area contributed by atoms with Crippen LogP contribution in [0.4, 0.5) is 0 Å². The van der Waals surface area contributed by atoms with Gasteiger partial charge in [-0.3, -0.25) is 0 Å². The van der Waals surface area contributed by atoms with Crippen molar-refractivity contribution >= 4 is 5.97 Å². The number of benzene rings is 1. The Kier molecular flexibility index (Phi) is 7.56. The summed E-state index contributed by atoms with van der Waals surface area (Å²) in [5.41, 5.74) is 2.38. The summed E-state index contributed by atoms with van der Waals surface area (Å²) in [4.78, 5) is 12.1. The third-order valence-electron chi connectivity index (χ3n) is 4.17. The molecule has 0 saturated heterocycles. The second-order valence-corrected chi connectivity index (χ2v) is 6.57. The van der Waals surface area contributed by atoms with E-state index >= 15 is 0 Å². The number of aliphatic hydroxyl groups is 1. The van der Waals surface area contributed by atoms with Gasteiger partial charge in [0, 0.05) is 5.56 Å². The van der Waals surface area contributed by atoms with Crippen LogP contribution in [0.1, 0.15) is 67.9 Å². The molecular weight excluding hydrogens is 292 g/mol.